The van der Waals surface area contributed by atoms with Crippen LogP contribution in [0.3, 0.4) is 0 Å². The van der Waals surface area contributed by atoms with Gasteiger partial charge in [0.05, 0.1) is 19.8 Å². The van der Waals surface area contributed by atoms with Crippen LogP contribution in [0.1, 0.15) is 18.1 Å². The summed E-state index contributed by atoms with van der Waals surface area (Å²) in [5, 5.41) is 8.54. The van der Waals surface area contributed by atoms with Crippen LogP contribution in [0, 0.1) is 0 Å². The third kappa shape index (κ3) is 6.18. The SMILES string of the molecule is CCOCCOCc1cccc(C=CC(=O)O)c1. The van der Waals surface area contributed by atoms with Gasteiger partial charge in [0.25, 0.3) is 0 Å². The van der Waals surface area contributed by atoms with Crippen LogP contribution in [-0.2, 0) is 20.9 Å². The second-order valence-electron chi connectivity index (χ2n) is 3.67. The fraction of sp³-hybridized carbons (Fsp3) is 0.357. The molecular weight excluding hydrogens is 232 g/mol. The van der Waals surface area contributed by atoms with Crippen LogP contribution in [0.2, 0.25) is 0 Å². The lowest BCUT2D eigenvalue weighted by Gasteiger charge is -2.05. The van der Waals surface area contributed by atoms with Crippen molar-refractivity contribution in [2.75, 3.05) is 19.8 Å². The van der Waals surface area contributed by atoms with Crippen LogP contribution >= 0.6 is 0 Å². The molecule has 0 aliphatic heterocycles. The van der Waals surface area contributed by atoms with Gasteiger partial charge in [-0.3, -0.25) is 0 Å². The first-order chi connectivity index (χ1) is 8.72. The van der Waals surface area contributed by atoms with Crippen LogP contribution in [0.15, 0.2) is 30.3 Å². The van der Waals surface area contributed by atoms with Gasteiger partial charge in [0.1, 0.15) is 0 Å². The Kier molecular flexibility index (Phi) is 6.76. The second kappa shape index (κ2) is 8.44. The molecule has 0 atom stereocenters. The number of hydrogen-bond acceptors (Lipinski definition) is 3. The van der Waals surface area contributed by atoms with Gasteiger partial charge in [0.15, 0.2) is 0 Å². The van der Waals surface area contributed by atoms with E-state index in [1.165, 1.54) is 0 Å². The first-order valence-corrected chi connectivity index (χ1v) is 5.88. The monoisotopic (exact) mass is 250 g/mol. The number of carbonyl (C=O) groups is 1. The largest absolute Gasteiger partial charge is 0.478 e. The number of rotatable bonds is 8. The van der Waals surface area contributed by atoms with Gasteiger partial charge in [-0.05, 0) is 30.2 Å². The van der Waals surface area contributed by atoms with Gasteiger partial charge in [0, 0.05) is 12.7 Å². The second-order valence-corrected chi connectivity index (χ2v) is 3.67. The predicted molar refractivity (Wildman–Crippen MR) is 69.3 cm³/mol. The number of hydrogen-bond donors (Lipinski definition) is 1. The fourth-order valence-corrected chi connectivity index (χ4v) is 1.41. The van der Waals surface area contributed by atoms with Crippen molar-refractivity contribution >= 4 is 12.0 Å². The molecule has 1 N–H and O–H groups in total. The van der Waals surface area contributed by atoms with E-state index in [2.05, 4.69) is 0 Å². The van der Waals surface area contributed by atoms with Gasteiger partial charge in [-0.2, -0.15) is 0 Å². The van der Waals surface area contributed by atoms with E-state index in [-0.39, 0.29) is 0 Å². The molecule has 0 bridgehead atoms. The van der Waals surface area contributed by atoms with Crippen molar-refractivity contribution in [2.24, 2.45) is 0 Å². The van der Waals surface area contributed by atoms with Crippen molar-refractivity contribution in [3.63, 3.8) is 0 Å². The van der Waals surface area contributed by atoms with Gasteiger partial charge in [-0.25, -0.2) is 4.79 Å². The van der Waals surface area contributed by atoms with E-state index in [1.54, 1.807) is 6.08 Å². The smallest absolute Gasteiger partial charge is 0.328 e. The number of carboxylic acid groups (broad SMARTS) is 1. The average Bonchev–Trinajstić information content (AvgIpc) is 2.37. The molecule has 0 unspecified atom stereocenters. The van der Waals surface area contributed by atoms with E-state index in [0.29, 0.717) is 26.4 Å². The van der Waals surface area contributed by atoms with Gasteiger partial charge in [-0.15, -0.1) is 0 Å². The summed E-state index contributed by atoms with van der Waals surface area (Å²) >= 11 is 0. The normalized spacial score (nSPS) is 10.9. The summed E-state index contributed by atoms with van der Waals surface area (Å²) in [6.07, 6.45) is 2.68. The van der Waals surface area contributed by atoms with E-state index < -0.39 is 5.97 Å². The van der Waals surface area contributed by atoms with Gasteiger partial charge < -0.3 is 14.6 Å². The van der Waals surface area contributed by atoms with E-state index in [4.69, 9.17) is 14.6 Å². The molecule has 1 aromatic rings. The summed E-state index contributed by atoms with van der Waals surface area (Å²) in [4.78, 5) is 10.4. The molecule has 18 heavy (non-hydrogen) atoms. The fourth-order valence-electron chi connectivity index (χ4n) is 1.41. The summed E-state index contributed by atoms with van der Waals surface area (Å²) in [6.45, 7) is 4.29. The summed E-state index contributed by atoms with van der Waals surface area (Å²) in [7, 11) is 0. The number of carboxylic acids is 1. The molecule has 0 aromatic heterocycles. The molecule has 1 rings (SSSR count). The third-order valence-corrected chi connectivity index (χ3v) is 2.21. The molecule has 0 amide bonds. The summed E-state index contributed by atoms with van der Waals surface area (Å²) < 4.78 is 10.6. The first-order valence-electron chi connectivity index (χ1n) is 5.88. The van der Waals surface area contributed by atoms with Crippen LogP contribution in [-0.4, -0.2) is 30.9 Å². The Morgan fingerprint density at radius 3 is 2.83 bits per heavy atom. The number of aliphatic carboxylic acids is 1. The minimum atomic E-state index is -0.951. The van der Waals surface area contributed by atoms with Crippen molar-refractivity contribution in [3.8, 4) is 0 Å². The molecule has 0 aliphatic carbocycles. The third-order valence-electron chi connectivity index (χ3n) is 2.21. The Morgan fingerprint density at radius 2 is 2.11 bits per heavy atom. The van der Waals surface area contributed by atoms with Crippen LogP contribution in [0.4, 0.5) is 0 Å². The van der Waals surface area contributed by atoms with Crippen molar-refractivity contribution in [3.05, 3.63) is 41.5 Å². The Hall–Kier alpha value is -1.65. The molecule has 0 spiro atoms. The molecule has 0 aliphatic rings. The zero-order chi connectivity index (χ0) is 13.2. The molecule has 4 heteroatoms. The number of ether oxygens (including phenoxy) is 2. The summed E-state index contributed by atoms with van der Waals surface area (Å²) in [5.41, 5.74) is 1.86. The highest BCUT2D eigenvalue weighted by Crippen LogP contribution is 2.08. The highest BCUT2D eigenvalue weighted by molar-refractivity contribution is 5.85. The predicted octanol–water partition coefficient (Wildman–Crippen LogP) is 2.34. The van der Waals surface area contributed by atoms with Crippen LogP contribution in [0.5, 0.6) is 0 Å². The van der Waals surface area contributed by atoms with Crippen molar-refractivity contribution < 1.29 is 19.4 Å². The molecule has 98 valence electrons. The highest BCUT2D eigenvalue weighted by Gasteiger charge is 1.95. The van der Waals surface area contributed by atoms with Crippen molar-refractivity contribution in [1.82, 2.24) is 0 Å². The van der Waals surface area contributed by atoms with Gasteiger partial charge >= 0.3 is 5.97 Å². The van der Waals surface area contributed by atoms with E-state index >= 15 is 0 Å². The van der Waals surface area contributed by atoms with E-state index in [1.807, 2.05) is 31.2 Å². The molecule has 0 fully saturated rings. The maximum absolute atomic E-state index is 10.4. The van der Waals surface area contributed by atoms with Gasteiger partial charge in [0.2, 0.25) is 0 Å². The molecule has 0 heterocycles. The average molecular weight is 250 g/mol. The van der Waals surface area contributed by atoms with Crippen LogP contribution in [0.25, 0.3) is 6.08 Å². The highest BCUT2D eigenvalue weighted by atomic mass is 16.5. The van der Waals surface area contributed by atoms with Crippen molar-refractivity contribution in [1.29, 1.82) is 0 Å². The minimum Gasteiger partial charge on any atom is -0.478 e. The molecule has 0 saturated heterocycles. The lowest BCUT2D eigenvalue weighted by Crippen LogP contribution is -2.03. The Bertz CT molecular complexity index is 399. The zero-order valence-electron chi connectivity index (χ0n) is 10.5. The lowest BCUT2D eigenvalue weighted by atomic mass is 10.1. The number of benzene rings is 1. The summed E-state index contributed by atoms with van der Waals surface area (Å²) in [5.74, 6) is -0.951. The molecule has 0 saturated carbocycles. The van der Waals surface area contributed by atoms with Crippen LogP contribution < -0.4 is 0 Å². The Morgan fingerprint density at radius 1 is 1.33 bits per heavy atom. The maximum atomic E-state index is 10.4. The van der Waals surface area contributed by atoms with E-state index in [9.17, 15) is 4.79 Å². The standard InChI is InChI=1S/C14H18O4/c1-2-17-8-9-18-11-13-5-3-4-12(10-13)6-7-14(15)16/h3-7,10H,2,8-9,11H2,1H3,(H,15,16). The van der Waals surface area contributed by atoms with E-state index in [0.717, 1.165) is 17.2 Å². The Balaban J connectivity index is 2.42. The zero-order valence-corrected chi connectivity index (χ0v) is 10.5. The maximum Gasteiger partial charge on any atom is 0.328 e. The van der Waals surface area contributed by atoms with Crippen molar-refractivity contribution in [2.45, 2.75) is 13.5 Å². The lowest BCUT2D eigenvalue weighted by molar-refractivity contribution is -0.131. The first kappa shape index (κ1) is 14.4. The summed E-state index contributed by atoms with van der Waals surface area (Å²) in [6, 6.07) is 7.57. The molecule has 1 aromatic carbocycles. The van der Waals surface area contributed by atoms with Gasteiger partial charge in [-0.1, -0.05) is 18.2 Å². The molecule has 0 radical (unpaired) electrons. The topological polar surface area (TPSA) is 55.8 Å². The molecular formula is C14H18O4. The molecule has 4 nitrogen and oxygen atoms in total. The minimum absolute atomic E-state index is 0.502. The Labute approximate surface area is 107 Å². The quantitative estimate of drug-likeness (QED) is 0.568.